The zero-order valence-corrected chi connectivity index (χ0v) is 9.61. The van der Waals surface area contributed by atoms with E-state index >= 15 is 0 Å². The molecule has 1 fully saturated rings. The number of hydrogen-bond donors (Lipinski definition) is 2. The molecule has 1 rings (SSSR count). The van der Waals surface area contributed by atoms with E-state index < -0.39 is 0 Å². The van der Waals surface area contributed by atoms with E-state index in [0.29, 0.717) is 17.8 Å². The molecule has 0 amide bonds. The molecular formula is C12H24O2. The van der Waals surface area contributed by atoms with Crippen LogP contribution in [0.3, 0.4) is 0 Å². The first-order valence-electron chi connectivity index (χ1n) is 5.90. The second-order valence-corrected chi connectivity index (χ2v) is 4.98. The highest BCUT2D eigenvalue weighted by Crippen LogP contribution is 2.38. The minimum atomic E-state index is -0.217. The zero-order chi connectivity index (χ0) is 10.7. The van der Waals surface area contributed by atoms with Crippen molar-refractivity contribution in [3.8, 4) is 0 Å². The van der Waals surface area contributed by atoms with Gasteiger partial charge in [-0.25, -0.2) is 0 Å². The molecule has 1 saturated carbocycles. The Morgan fingerprint density at radius 2 is 1.43 bits per heavy atom. The smallest absolute Gasteiger partial charge is 0.0540 e. The van der Waals surface area contributed by atoms with Crippen LogP contribution in [0.4, 0.5) is 0 Å². The number of rotatable bonds is 3. The van der Waals surface area contributed by atoms with Crippen LogP contribution < -0.4 is 0 Å². The first kappa shape index (κ1) is 12.0. The van der Waals surface area contributed by atoms with Crippen molar-refractivity contribution in [2.75, 3.05) is 0 Å². The summed E-state index contributed by atoms with van der Waals surface area (Å²) < 4.78 is 0. The summed E-state index contributed by atoms with van der Waals surface area (Å²) in [7, 11) is 0. The molecule has 4 atom stereocenters. The summed E-state index contributed by atoms with van der Waals surface area (Å²) in [6.45, 7) is 5.96. The Balaban J connectivity index is 2.56. The Hall–Kier alpha value is -0.0800. The van der Waals surface area contributed by atoms with Crippen LogP contribution in [-0.4, -0.2) is 22.4 Å². The van der Waals surface area contributed by atoms with Gasteiger partial charge in [0.25, 0.3) is 0 Å². The Morgan fingerprint density at radius 3 is 1.71 bits per heavy atom. The average molecular weight is 200 g/mol. The fraction of sp³-hybridized carbons (Fsp3) is 1.00. The van der Waals surface area contributed by atoms with E-state index in [0.717, 1.165) is 19.3 Å². The van der Waals surface area contributed by atoms with Crippen LogP contribution in [0.25, 0.3) is 0 Å². The molecule has 0 spiro atoms. The molecule has 0 heterocycles. The van der Waals surface area contributed by atoms with Crippen molar-refractivity contribution in [2.24, 2.45) is 17.8 Å². The standard InChI is InChI=1S/C12H24O2/c1-4-10-5-11(8(2)13)7-12(6-10)9(3)14/h8-14H,4-7H2,1-3H3. The molecule has 0 aliphatic heterocycles. The molecule has 4 unspecified atom stereocenters. The molecule has 1 aliphatic rings. The van der Waals surface area contributed by atoms with Crippen molar-refractivity contribution in [3.63, 3.8) is 0 Å². The lowest BCUT2D eigenvalue weighted by atomic mass is 9.71. The predicted octanol–water partition coefficient (Wildman–Crippen LogP) is 2.19. The highest BCUT2D eigenvalue weighted by molar-refractivity contribution is 4.83. The molecule has 84 valence electrons. The van der Waals surface area contributed by atoms with Crippen molar-refractivity contribution in [3.05, 3.63) is 0 Å². The molecule has 0 aromatic rings. The maximum Gasteiger partial charge on any atom is 0.0540 e. The lowest BCUT2D eigenvalue weighted by Crippen LogP contribution is -2.33. The van der Waals surface area contributed by atoms with Gasteiger partial charge in [-0.3, -0.25) is 0 Å². The Morgan fingerprint density at radius 1 is 1.00 bits per heavy atom. The van der Waals surface area contributed by atoms with Gasteiger partial charge in [0.05, 0.1) is 12.2 Å². The lowest BCUT2D eigenvalue weighted by molar-refractivity contribution is 0.0162. The van der Waals surface area contributed by atoms with Gasteiger partial charge in [-0.1, -0.05) is 13.3 Å². The van der Waals surface area contributed by atoms with E-state index in [2.05, 4.69) is 6.92 Å². The summed E-state index contributed by atoms with van der Waals surface area (Å²) >= 11 is 0. The highest BCUT2D eigenvalue weighted by atomic mass is 16.3. The molecular weight excluding hydrogens is 176 g/mol. The minimum Gasteiger partial charge on any atom is -0.393 e. The summed E-state index contributed by atoms with van der Waals surface area (Å²) in [4.78, 5) is 0. The molecule has 0 aromatic heterocycles. The molecule has 2 nitrogen and oxygen atoms in total. The van der Waals surface area contributed by atoms with Gasteiger partial charge in [0.2, 0.25) is 0 Å². The summed E-state index contributed by atoms with van der Waals surface area (Å²) in [5.41, 5.74) is 0. The number of aliphatic hydroxyl groups excluding tert-OH is 2. The third kappa shape index (κ3) is 2.96. The highest BCUT2D eigenvalue weighted by Gasteiger charge is 2.32. The van der Waals surface area contributed by atoms with Gasteiger partial charge in [-0.15, -0.1) is 0 Å². The third-order valence-corrected chi connectivity index (χ3v) is 3.82. The Bertz CT molecular complexity index is 150. The maximum absolute atomic E-state index is 9.61. The van der Waals surface area contributed by atoms with E-state index in [1.54, 1.807) is 0 Å². The van der Waals surface area contributed by atoms with Gasteiger partial charge >= 0.3 is 0 Å². The Kier molecular flexibility index (Phi) is 4.39. The van der Waals surface area contributed by atoms with Gasteiger partial charge < -0.3 is 10.2 Å². The first-order chi connectivity index (χ1) is 6.54. The van der Waals surface area contributed by atoms with Crippen LogP contribution in [0.2, 0.25) is 0 Å². The number of hydrogen-bond acceptors (Lipinski definition) is 2. The van der Waals surface area contributed by atoms with Crippen LogP contribution in [0, 0.1) is 17.8 Å². The van der Waals surface area contributed by atoms with Gasteiger partial charge in [-0.05, 0) is 50.9 Å². The largest absolute Gasteiger partial charge is 0.393 e. The zero-order valence-electron chi connectivity index (χ0n) is 9.61. The van der Waals surface area contributed by atoms with Gasteiger partial charge in [0.15, 0.2) is 0 Å². The van der Waals surface area contributed by atoms with Crippen LogP contribution in [0.15, 0.2) is 0 Å². The SMILES string of the molecule is CCC1CC(C(C)O)CC(C(C)O)C1. The lowest BCUT2D eigenvalue weighted by Gasteiger charge is -2.37. The van der Waals surface area contributed by atoms with Crippen LogP contribution in [0.1, 0.15) is 46.5 Å². The minimum absolute atomic E-state index is 0.217. The number of aliphatic hydroxyl groups is 2. The molecule has 2 heteroatoms. The molecule has 0 aromatic carbocycles. The summed E-state index contributed by atoms with van der Waals surface area (Å²) in [6, 6.07) is 0. The Labute approximate surface area is 87.3 Å². The average Bonchev–Trinajstić information content (AvgIpc) is 2.16. The van der Waals surface area contributed by atoms with Crippen molar-refractivity contribution in [2.45, 2.75) is 58.7 Å². The van der Waals surface area contributed by atoms with Crippen molar-refractivity contribution >= 4 is 0 Å². The van der Waals surface area contributed by atoms with Crippen molar-refractivity contribution < 1.29 is 10.2 Å². The monoisotopic (exact) mass is 200 g/mol. The van der Waals surface area contributed by atoms with E-state index in [-0.39, 0.29) is 12.2 Å². The predicted molar refractivity (Wildman–Crippen MR) is 58.0 cm³/mol. The van der Waals surface area contributed by atoms with Crippen LogP contribution in [0.5, 0.6) is 0 Å². The van der Waals surface area contributed by atoms with Gasteiger partial charge in [-0.2, -0.15) is 0 Å². The second-order valence-electron chi connectivity index (χ2n) is 4.98. The van der Waals surface area contributed by atoms with Gasteiger partial charge in [0, 0.05) is 0 Å². The molecule has 0 radical (unpaired) electrons. The first-order valence-corrected chi connectivity index (χ1v) is 5.90. The van der Waals surface area contributed by atoms with Gasteiger partial charge in [0.1, 0.15) is 0 Å². The van der Waals surface area contributed by atoms with Crippen molar-refractivity contribution in [1.29, 1.82) is 0 Å². The second kappa shape index (κ2) is 5.13. The van der Waals surface area contributed by atoms with Crippen molar-refractivity contribution in [1.82, 2.24) is 0 Å². The maximum atomic E-state index is 9.61. The molecule has 2 N–H and O–H groups in total. The van der Waals surface area contributed by atoms with E-state index in [1.165, 1.54) is 6.42 Å². The van der Waals surface area contributed by atoms with Crippen LogP contribution in [-0.2, 0) is 0 Å². The fourth-order valence-corrected chi connectivity index (χ4v) is 2.65. The summed E-state index contributed by atoms with van der Waals surface area (Å²) in [5.74, 6) is 1.49. The normalized spacial score (nSPS) is 37.9. The van der Waals surface area contributed by atoms with Crippen LogP contribution >= 0.6 is 0 Å². The molecule has 0 saturated heterocycles. The third-order valence-electron chi connectivity index (χ3n) is 3.82. The van der Waals surface area contributed by atoms with E-state index in [1.807, 2.05) is 13.8 Å². The van der Waals surface area contributed by atoms with E-state index in [9.17, 15) is 10.2 Å². The molecule has 14 heavy (non-hydrogen) atoms. The summed E-state index contributed by atoms with van der Waals surface area (Å²) in [5, 5.41) is 19.2. The summed E-state index contributed by atoms with van der Waals surface area (Å²) in [6.07, 6.45) is 4.00. The quantitative estimate of drug-likeness (QED) is 0.733. The van der Waals surface area contributed by atoms with E-state index in [4.69, 9.17) is 0 Å². The molecule has 1 aliphatic carbocycles. The molecule has 0 bridgehead atoms. The topological polar surface area (TPSA) is 40.5 Å². The fourth-order valence-electron chi connectivity index (χ4n) is 2.65.